The summed E-state index contributed by atoms with van der Waals surface area (Å²) < 4.78 is 7.10. The van der Waals surface area contributed by atoms with Crippen molar-refractivity contribution in [1.29, 1.82) is 5.26 Å². The zero-order valence-corrected chi connectivity index (χ0v) is 13.7. The molecule has 0 radical (unpaired) electrons. The number of carbonyl (C=O) groups is 1. The summed E-state index contributed by atoms with van der Waals surface area (Å²) in [5.74, 6) is 0.988. The molecule has 2 rings (SSSR count). The lowest BCUT2D eigenvalue weighted by Crippen LogP contribution is -2.16. The molecule has 2 aromatic rings. The van der Waals surface area contributed by atoms with E-state index in [1.807, 2.05) is 25.1 Å². The molecule has 1 aromatic carbocycles. The monoisotopic (exact) mass is 332 g/mol. The van der Waals surface area contributed by atoms with E-state index < -0.39 is 0 Å². The molecule has 0 aliphatic rings. The highest BCUT2D eigenvalue weighted by molar-refractivity contribution is 6.30. The third kappa shape index (κ3) is 4.47. The SMILES string of the molecule is Cc1cc(Cl)ccc1OCCCC(=O)Nc1c(C#N)cnn1C. The van der Waals surface area contributed by atoms with Crippen LogP contribution in [0.4, 0.5) is 5.82 Å². The molecule has 0 unspecified atom stereocenters. The third-order valence-corrected chi connectivity index (χ3v) is 3.49. The number of halogens is 1. The highest BCUT2D eigenvalue weighted by atomic mass is 35.5. The number of rotatable bonds is 6. The van der Waals surface area contributed by atoms with Gasteiger partial charge in [0.2, 0.25) is 5.91 Å². The van der Waals surface area contributed by atoms with Crippen LogP contribution in [0.15, 0.2) is 24.4 Å². The highest BCUT2D eigenvalue weighted by Gasteiger charge is 2.11. The van der Waals surface area contributed by atoms with Crippen LogP contribution >= 0.6 is 11.6 Å². The van der Waals surface area contributed by atoms with Crippen molar-refractivity contribution in [2.75, 3.05) is 11.9 Å². The Balaban J connectivity index is 1.79. The fourth-order valence-electron chi connectivity index (χ4n) is 2.05. The van der Waals surface area contributed by atoms with Crippen LogP contribution < -0.4 is 10.1 Å². The maximum absolute atomic E-state index is 11.9. The van der Waals surface area contributed by atoms with E-state index in [1.165, 1.54) is 10.9 Å². The first-order valence-corrected chi connectivity index (χ1v) is 7.50. The van der Waals surface area contributed by atoms with Crippen molar-refractivity contribution in [2.45, 2.75) is 19.8 Å². The van der Waals surface area contributed by atoms with Gasteiger partial charge in [-0.2, -0.15) is 10.4 Å². The molecule has 6 nitrogen and oxygen atoms in total. The minimum absolute atomic E-state index is 0.179. The van der Waals surface area contributed by atoms with Gasteiger partial charge in [-0.1, -0.05) is 11.6 Å². The fraction of sp³-hybridized carbons (Fsp3) is 0.312. The highest BCUT2D eigenvalue weighted by Crippen LogP contribution is 2.22. The lowest BCUT2D eigenvalue weighted by molar-refractivity contribution is -0.116. The number of carbonyl (C=O) groups excluding carboxylic acids is 1. The second-order valence-corrected chi connectivity index (χ2v) is 5.49. The number of nitrogens with one attached hydrogen (secondary N) is 1. The van der Waals surface area contributed by atoms with Crippen molar-refractivity contribution >= 4 is 23.3 Å². The van der Waals surface area contributed by atoms with Crippen molar-refractivity contribution in [1.82, 2.24) is 9.78 Å². The van der Waals surface area contributed by atoms with Crippen molar-refractivity contribution in [3.63, 3.8) is 0 Å². The molecule has 1 aromatic heterocycles. The predicted octanol–water partition coefficient (Wildman–Crippen LogP) is 3.05. The molecule has 0 saturated carbocycles. The van der Waals surface area contributed by atoms with Gasteiger partial charge in [0.05, 0.1) is 12.8 Å². The van der Waals surface area contributed by atoms with Gasteiger partial charge in [-0.3, -0.25) is 9.48 Å². The summed E-state index contributed by atoms with van der Waals surface area (Å²) in [7, 11) is 1.67. The molecule has 7 heteroatoms. The van der Waals surface area contributed by atoms with Crippen LogP contribution in [0.2, 0.25) is 5.02 Å². The standard InChI is InChI=1S/C16H17ClN4O2/c1-11-8-13(17)5-6-14(11)23-7-3-4-15(22)20-16-12(9-18)10-19-21(16)2/h5-6,8,10H,3-4,7H2,1-2H3,(H,20,22). The summed E-state index contributed by atoms with van der Waals surface area (Å²) in [6, 6.07) is 7.39. The molecular formula is C16H17ClN4O2. The van der Waals surface area contributed by atoms with Crippen LogP contribution in [0.5, 0.6) is 5.75 Å². The van der Waals surface area contributed by atoms with E-state index in [0.717, 1.165) is 11.3 Å². The lowest BCUT2D eigenvalue weighted by Gasteiger charge is -2.09. The quantitative estimate of drug-likeness (QED) is 0.824. The number of nitriles is 1. The third-order valence-electron chi connectivity index (χ3n) is 3.26. The van der Waals surface area contributed by atoms with Crippen LogP contribution in [-0.2, 0) is 11.8 Å². The number of amides is 1. The Labute approximate surface area is 139 Å². The normalized spacial score (nSPS) is 10.2. The maximum atomic E-state index is 11.9. The van der Waals surface area contributed by atoms with Gasteiger partial charge in [0.25, 0.3) is 0 Å². The Kier molecular flexibility index (Phi) is 5.61. The van der Waals surface area contributed by atoms with Gasteiger partial charge in [-0.25, -0.2) is 0 Å². The minimum Gasteiger partial charge on any atom is -0.493 e. The smallest absolute Gasteiger partial charge is 0.225 e. The summed E-state index contributed by atoms with van der Waals surface area (Å²) in [5, 5.41) is 16.2. The van der Waals surface area contributed by atoms with Crippen molar-refractivity contribution < 1.29 is 9.53 Å². The van der Waals surface area contributed by atoms with E-state index in [2.05, 4.69) is 10.4 Å². The number of benzene rings is 1. The summed E-state index contributed by atoms with van der Waals surface area (Å²) in [6.07, 6.45) is 2.28. The Hall–Kier alpha value is -2.52. The van der Waals surface area contributed by atoms with Gasteiger partial charge in [-0.15, -0.1) is 0 Å². The average molecular weight is 333 g/mol. The molecule has 0 saturated heterocycles. The summed E-state index contributed by atoms with van der Waals surface area (Å²) >= 11 is 5.89. The molecule has 1 heterocycles. The van der Waals surface area contributed by atoms with E-state index >= 15 is 0 Å². The molecule has 1 amide bonds. The van der Waals surface area contributed by atoms with Gasteiger partial charge in [-0.05, 0) is 37.1 Å². The van der Waals surface area contributed by atoms with Crippen molar-refractivity contribution in [3.8, 4) is 11.8 Å². The number of hydrogen-bond donors (Lipinski definition) is 1. The maximum Gasteiger partial charge on any atom is 0.225 e. The zero-order valence-electron chi connectivity index (χ0n) is 13.0. The zero-order chi connectivity index (χ0) is 16.8. The number of hydrogen-bond acceptors (Lipinski definition) is 4. The van der Waals surface area contributed by atoms with Gasteiger partial charge in [0.15, 0.2) is 0 Å². The van der Waals surface area contributed by atoms with Gasteiger partial charge >= 0.3 is 0 Å². The number of ether oxygens (including phenoxy) is 1. The summed E-state index contributed by atoms with van der Waals surface area (Å²) in [5.41, 5.74) is 1.30. The number of nitrogens with zero attached hydrogens (tertiary/aromatic N) is 3. The second-order valence-electron chi connectivity index (χ2n) is 5.05. The minimum atomic E-state index is -0.179. The Morgan fingerprint density at radius 1 is 1.52 bits per heavy atom. The summed E-state index contributed by atoms with van der Waals surface area (Å²) in [4.78, 5) is 11.9. The Morgan fingerprint density at radius 2 is 2.30 bits per heavy atom. The van der Waals surface area contributed by atoms with Crippen LogP contribution in [0.3, 0.4) is 0 Å². The summed E-state index contributed by atoms with van der Waals surface area (Å²) in [6.45, 7) is 2.34. The van der Waals surface area contributed by atoms with E-state index in [9.17, 15) is 4.79 Å². The van der Waals surface area contributed by atoms with Crippen LogP contribution in [-0.4, -0.2) is 22.3 Å². The van der Waals surface area contributed by atoms with Gasteiger partial charge in [0, 0.05) is 18.5 Å². The molecule has 0 spiro atoms. The Morgan fingerprint density at radius 3 is 3.00 bits per heavy atom. The van der Waals surface area contributed by atoms with E-state index in [4.69, 9.17) is 21.6 Å². The van der Waals surface area contributed by atoms with E-state index in [-0.39, 0.29) is 5.91 Å². The molecule has 0 aliphatic carbocycles. The van der Waals surface area contributed by atoms with Crippen molar-refractivity contribution in [3.05, 3.63) is 40.5 Å². The number of aryl methyl sites for hydroxylation is 2. The average Bonchev–Trinajstić information content (AvgIpc) is 2.86. The molecule has 0 aliphatic heterocycles. The molecule has 23 heavy (non-hydrogen) atoms. The van der Waals surface area contributed by atoms with Crippen LogP contribution in [0.1, 0.15) is 24.0 Å². The van der Waals surface area contributed by atoms with E-state index in [1.54, 1.807) is 13.1 Å². The van der Waals surface area contributed by atoms with E-state index in [0.29, 0.717) is 35.9 Å². The molecule has 120 valence electrons. The fourth-order valence-corrected chi connectivity index (χ4v) is 2.28. The number of aromatic nitrogens is 2. The molecule has 0 bridgehead atoms. The Bertz CT molecular complexity index is 749. The first-order chi connectivity index (χ1) is 11.0. The van der Waals surface area contributed by atoms with Gasteiger partial charge in [0.1, 0.15) is 23.2 Å². The lowest BCUT2D eigenvalue weighted by atomic mass is 10.2. The molecule has 0 fully saturated rings. The molecular weight excluding hydrogens is 316 g/mol. The molecule has 0 atom stereocenters. The first kappa shape index (κ1) is 16.8. The molecule has 1 N–H and O–H groups in total. The second kappa shape index (κ2) is 7.65. The first-order valence-electron chi connectivity index (χ1n) is 7.12. The number of anilines is 1. The largest absolute Gasteiger partial charge is 0.493 e. The van der Waals surface area contributed by atoms with Crippen LogP contribution in [0, 0.1) is 18.3 Å². The van der Waals surface area contributed by atoms with Crippen LogP contribution in [0.25, 0.3) is 0 Å². The topological polar surface area (TPSA) is 79.9 Å². The predicted molar refractivity (Wildman–Crippen MR) is 87.5 cm³/mol. The van der Waals surface area contributed by atoms with Crippen molar-refractivity contribution in [2.24, 2.45) is 7.05 Å². The van der Waals surface area contributed by atoms with Gasteiger partial charge < -0.3 is 10.1 Å².